The number of nitrogens with zero attached hydrogens (tertiary/aromatic N) is 4. The van der Waals surface area contributed by atoms with E-state index >= 15 is 0 Å². The van der Waals surface area contributed by atoms with Crippen molar-refractivity contribution in [3.63, 3.8) is 0 Å². The Morgan fingerprint density at radius 3 is 2.73 bits per heavy atom. The molecule has 1 aromatic carbocycles. The molecule has 0 saturated heterocycles. The lowest BCUT2D eigenvalue weighted by atomic mass is 9.95. The van der Waals surface area contributed by atoms with Crippen LogP contribution in [-0.4, -0.2) is 37.9 Å². The maximum Gasteiger partial charge on any atom is 0.233 e. The molecule has 1 amide bonds. The Bertz CT molecular complexity index is 782. The van der Waals surface area contributed by atoms with Gasteiger partial charge < -0.3 is 9.47 Å². The number of carbonyl (C=O) groups is 1. The lowest BCUT2D eigenvalue weighted by molar-refractivity contribution is -0.129. The number of hydrogen-bond donors (Lipinski definition) is 0. The maximum atomic E-state index is 12.7. The molecule has 2 aromatic rings. The van der Waals surface area contributed by atoms with E-state index in [1.165, 1.54) is 43.2 Å². The predicted molar refractivity (Wildman–Crippen MR) is 103 cm³/mol. The molecule has 0 radical (unpaired) electrons. The minimum atomic E-state index is 0.195. The van der Waals surface area contributed by atoms with E-state index < -0.39 is 0 Å². The minimum Gasteiger partial charge on any atom is -0.337 e. The fourth-order valence-electron chi connectivity index (χ4n) is 4.13. The van der Waals surface area contributed by atoms with Gasteiger partial charge in [0.1, 0.15) is 5.82 Å². The summed E-state index contributed by atoms with van der Waals surface area (Å²) < 4.78 is 2.27. The molecule has 1 aromatic heterocycles. The fraction of sp³-hybridized carbons (Fsp3) is 0.550. The highest BCUT2D eigenvalue weighted by molar-refractivity contribution is 7.99. The third kappa shape index (κ3) is 3.65. The van der Waals surface area contributed by atoms with Gasteiger partial charge in [-0.3, -0.25) is 4.79 Å². The molecule has 138 valence electrons. The van der Waals surface area contributed by atoms with Gasteiger partial charge in [-0.1, -0.05) is 55.3 Å². The normalized spacial score (nSPS) is 18.0. The quantitative estimate of drug-likeness (QED) is 0.769. The van der Waals surface area contributed by atoms with Gasteiger partial charge in [0.05, 0.1) is 5.75 Å². The van der Waals surface area contributed by atoms with Crippen LogP contribution in [0.3, 0.4) is 0 Å². The second-order valence-electron chi connectivity index (χ2n) is 7.31. The van der Waals surface area contributed by atoms with Crippen molar-refractivity contribution >= 4 is 17.7 Å². The molecule has 1 fully saturated rings. The maximum absolute atomic E-state index is 12.7. The van der Waals surface area contributed by atoms with Crippen molar-refractivity contribution in [3.8, 4) is 0 Å². The number of thioether (sulfide) groups is 1. The van der Waals surface area contributed by atoms with E-state index in [1.807, 2.05) is 11.8 Å². The average molecular weight is 371 g/mol. The Morgan fingerprint density at radius 1 is 1.15 bits per heavy atom. The first-order valence-corrected chi connectivity index (χ1v) is 10.6. The van der Waals surface area contributed by atoms with Crippen molar-refractivity contribution in [2.75, 3.05) is 12.3 Å². The Balaban J connectivity index is 1.39. The number of hydrogen-bond acceptors (Lipinski definition) is 4. The Labute approximate surface area is 159 Å². The van der Waals surface area contributed by atoms with E-state index in [-0.39, 0.29) is 5.91 Å². The van der Waals surface area contributed by atoms with Gasteiger partial charge in [0.15, 0.2) is 5.16 Å². The Hall–Kier alpha value is -1.82. The molecule has 6 heteroatoms. The number of rotatable bonds is 4. The van der Waals surface area contributed by atoms with Crippen LogP contribution in [0, 0.1) is 6.92 Å². The van der Waals surface area contributed by atoms with Crippen LogP contribution in [0.2, 0.25) is 0 Å². The van der Waals surface area contributed by atoms with Crippen LogP contribution in [0.5, 0.6) is 0 Å². The minimum absolute atomic E-state index is 0.195. The van der Waals surface area contributed by atoms with Gasteiger partial charge >= 0.3 is 0 Å². The van der Waals surface area contributed by atoms with E-state index in [0.29, 0.717) is 11.8 Å². The Kier molecular flexibility index (Phi) is 5.29. The third-order valence-electron chi connectivity index (χ3n) is 5.58. The highest BCUT2D eigenvalue weighted by atomic mass is 32.2. The standard InChI is InChI=1S/C20H26N4OS/c1-15-21-22-20(24(15)18-9-3-2-4-10-18)26-14-19(25)23-12-11-16-7-5-6-8-17(16)13-23/h5-8,18H,2-4,9-14H2,1H3. The smallest absolute Gasteiger partial charge is 0.233 e. The van der Waals surface area contributed by atoms with E-state index in [9.17, 15) is 4.79 Å². The summed E-state index contributed by atoms with van der Waals surface area (Å²) in [4.78, 5) is 14.7. The first-order valence-electron chi connectivity index (χ1n) is 9.61. The summed E-state index contributed by atoms with van der Waals surface area (Å²) in [5, 5.41) is 9.53. The first kappa shape index (κ1) is 17.6. The molecule has 1 saturated carbocycles. The van der Waals surface area contributed by atoms with Gasteiger partial charge in [-0.05, 0) is 37.3 Å². The molecule has 4 rings (SSSR count). The lowest BCUT2D eigenvalue weighted by Gasteiger charge is -2.29. The van der Waals surface area contributed by atoms with E-state index in [0.717, 1.165) is 30.5 Å². The second-order valence-corrected chi connectivity index (χ2v) is 8.26. The van der Waals surface area contributed by atoms with E-state index in [2.05, 4.69) is 39.0 Å². The van der Waals surface area contributed by atoms with Gasteiger partial charge in [0.2, 0.25) is 5.91 Å². The van der Waals surface area contributed by atoms with Crippen molar-refractivity contribution in [3.05, 3.63) is 41.2 Å². The molecule has 5 nitrogen and oxygen atoms in total. The zero-order chi connectivity index (χ0) is 17.9. The zero-order valence-electron chi connectivity index (χ0n) is 15.4. The summed E-state index contributed by atoms with van der Waals surface area (Å²) in [5.41, 5.74) is 2.65. The van der Waals surface area contributed by atoms with Gasteiger partial charge in [0.25, 0.3) is 0 Å². The molecule has 2 aliphatic rings. The van der Waals surface area contributed by atoms with Crippen LogP contribution in [0.1, 0.15) is 55.1 Å². The zero-order valence-corrected chi connectivity index (χ0v) is 16.2. The largest absolute Gasteiger partial charge is 0.337 e. The summed E-state index contributed by atoms with van der Waals surface area (Å²) in [5.74, 6) is 1.60. The van der Waals surface area contributed by atoms with Crippen molar-refractivity contribution in [1.29, 1.82) is 0 Å². The molecule has 0 atom stereocenters. The first-order chi connectivity index (χ1) is 12.7. The number of aromatic nitrogens is 3. The number of benzene rings is 1. The van der Waals surface area contributed by atoms with Gasteiger partial charge in [0, 0.05) is 19.1 Å². The molecular weight excluding hydrogens is 344 g/mol. The SMILES string of the molecule is Cc1nnc(SCC(=O)N2CCc3ccccc3C2)n1C1CCCCC1. The average Bonchev–Trinajstić information content (AvgIpc) is 3.06. The second kappa shape index (κ2) is 7.82. The molecule has 1 aliphatic heterocycles. The molecule has 0 N–H and O–H groups in total. The van der Waals surface area contributed by atoms with E-state index in [1.54, 1.807) is 11.8 Å². The number of aryl methyl sites for hydroxylation is 1. The number of carbonyl (C=O) groups excluding carboxylic acids is 1. The molecule has 0 unspecified atom stereocenters. The van der Waals surface area contributed by atoms with Crippen LogP contribution in [0.15, 0.2) is 29.4 Å². The summed E-state index contributed by atoms with van der Waals surface area (Å²) in [7, 11) is 0. The molecular formula is C20H26N4OS. The lowest BCUT2D eigenvalue weighted by Crippen LogP contribution is -2.37. The summed E-state index contributed by atoms with van der Waals surface area (Å²) >= 11 is 1.54. The van der Waals surface area contributed by atoms with Crippen LogP contribution in [0.25, 0.3) is 0 Å². The summed E-state index contributed by atoms with van der Waals surface area (Å²) in [6.45, 7) is 3.56. The monoisotopic (exact) mass is 370 g/mol. The van der Waals surface area contributed by atoms with Crippen molar-refractivity contribution in [2.45, 2.75) is 63.2 Å². The van der Waals surface area contributed by atoms with Crippen LogP contribution < -0.4 is 0 Å². The highest BCUT2D eigenvalue weighted by Crippen LogP contribution is 2.32. The van der Waals surface area contributed by atoms with Crippen LogP contribution >= 0.6 is 11.8 Å². The molecule has 0 spiro atoms. The molecule has 26 heavy (non-hydrogen) atoms. The highest BCUT2D eigenvalue weighted by Gasteiger charge is 2.24. The van der Waals surface area contributed by atoms with Gasteiger partial charge in [-0.2, -0.15) is 0 Å². The Morgan fingerprint density at radius 2 is 1.92 bits per heavy atom. The summed E-state index contributed by atoms with van der Waals surface area (Å²) in [6.07, 6.45) is 7.22. The van der Waals surface area contributed by atoms with E-state index in [4.69, 9.17) is 0 Å². The molecule has 2 heterocycles. The molecule has 1 aliphatic carbocycles. The molecule has 0 bridgehead atoms. The third-order valence-corrected chi connectivity index (χ3v) is 6.51. The van der Waals surface area contributed by atoms with Crippen LogP contribution in [0.4, 0.5) is 0 Å². The van der Waals surface area contributed by atoms with Crippen molar-refractivity contribution in [2.24, 2.45) is 0 Å². The van der Waals surface area contributed by atoms with Gasteiger partial charge in [-0.15, -0.1) is 10.2 Å². The summed E-state index contributed by atoms with van der Waals surface area (Å²) in [6, 6.07) is 8.92. The van der Waals surface area contributed by atoms with Gasteiger partial charge in [-0.25, -0.2) is 0 Å². The number of fused-ring (bicyclic) bond motifs is 1. The van der Waals surface area contributed by atoms with Crippen molar-refractivity contribution < 1.29 is 4.79 Å². The number of amides is 1. The van der Waals surface area contributed by atoms with Crippen molar-refractivity contribution in [1.82, 2.24) is 19.7 Å². The predicted octanol–water partition coefficient (Wildman–Crippen LogP) is 3.77. The topological polar surface area (TPSA) is 51.0 Å². The fourth-order valence-corrected chi connectivity index (χ4v) is 5.09. The van der Waals surface area contributed by atoms with Crippen LogP contribution in [-0.2, 0) is 17.8 Å².